The predicted octanol–water partition coefficient (Wildman–Crippen LogP) is 0.192. The third-order valence-corrected chi connectivity index (χ3v) is 1.88. The number of rotatable bonds is 10. The van der Waals surface area contributed by atoms with Crippen molar-refractivity contribution in [3.63, 3.8) is 0 Å². The highest BCUT2D eigenvalue weighted by molar-refractivity contribution is 5.91. The lowest BCUT2D eigenvalue weighted by molar-refractivity contribution is -0.155. The Bertz CT molecular complexity index is 304. The molecule has 0 unspecified atom stereocenters. The van der Waals surface area contributed by atoms with E-state index in [-0.39, 0.29) is 38.9 Å². The second kappa shape index (κ2) is 9.86. The molecule has 19 heavy (non-hydrogen) atoms. The standard InChI is InChI=1S/C11H16O8/c12-8(13)3-1-5-18-10(16)7-11(17)19-6-2-4-9(14)15/h1-7H2,(H,12,13)(H,14,15). The van der Waals surface area contributed by atoms with Gasteiger partial charge < -0.3 is 19.7 Å². The SMILES string of the molecule is O=C(O)CCCOC(=O)CC(=O)OCCCC(=O)O. The minimum atomic E-state index is -0.992. The third-order valence-electron chi connectivity index (χ3n) is 1.88. The zero-order valence-electron chi connectivity index (χ0n) is 10.3. The Morgan fingerprint density at radius 2 is 1.11 bits per heavy atom. The van der Waals surface area contributed by atoms with E-state index in [2.05, 4.69) is 9.47 Å². The van der Waals surface area contributed by atoms with Gasteiger partial charge in [-0.1, -0.05) is 0 Å². The van der Waals surface area contributed by atoms with Crippen LogP contribution in [0.25, 0.3) is 0 Å². The number of hydrogen-bond acceptors (Lipinski definition) is 6. The van der Waals surface area contributed by atoms with E-state index in [1.54, 1.807) is 0 Å². The Morgan fingerprint density at radius 1 is 0.737 bits per heavy atom. The Morgan fingerprint density at radius 3 is 1.42 bits per heavy atom. The first-order valence-electron chi connectivity index (χ1n) is 5.66. The van der Waals surface area contributed by atoms with Crippen LogP contribution in [0.2, 0.25) is 0 Å². The monoisotopic (exact) mass is 276 g/mol. The number of carbonyl (C=O) groups is 4. The van der Waals surface area contributed by atoms with Crippen LogP contribution in [0.4, 0.5) is 0 Å². The van der Waals surface area contributed by atoms with E-state index in [4.69, 9.17) is 10.2 Å². The molecule has 0 aromatic rings. The fourth-order valence-corrected chi connectivity index (χ4v) is 1.04. The summed E-state index contributed by atoms with van der Waals surface area (Å²) in [5, 5.41) is 16.7. The van der Waals surface area contributed by atoms with Crippen LogP contribution in [0, 0.1) is 0 Å². The molecule has 0 rings (SSSR count). The number of aliphatic carboxylic acids is 2. The van der Waals surface area contributed by atoms with E-state index in [1.165, 1.54) is 0 Å². The molecule has 0 bridgehead atoms. The molecule has 0 saturated heterocycles. The van der Waals surface area contributed by atoms with E-state index < -0.39 is 30.3 Å². The minimum Gasteiger partial charge on any atom is -0.481 e. The van der Waals surface area contributed by atoms with Crippen LogP contribution in [-0.2, 0) is 28.7 Å². The summed E-state index contributed by atoms with van der Waals surface area (Å²) in [7, 11) is 0. The van der Waals surface area contributed by atoms with Gasteiger partial charge in [0.25, 0.3) is 0 Å². The molecular formula is C11H16O8. The third kappa shape index (κ3) is 12.1. The maximum atomic E-state index is 11.1. The molecule has 0 aromatic heterocycles. The van der Waals surface area contributed by atoms with Crippen LogP contribution in [0.5, 0.6) is 0 Å². The zero-order valence-corrected chi connectivity index (χ0v) is 10.3. The molecule has 0 atom stereocenters. The summed E-state index contributed by atoms with van der Waals surface area (Å²) in [6.07, 6.45) is -0.455. The van der Waals surface area contributed by atoms with Gasteiger partial charge in [-0.3, -0.25) is 19.2 Å². The van der Waals surface area contributed by atoms with Gasteiger partial charge in [-0.05, 0) is 12.8 Å². The van der Waals surface area contributed by atoms with E-state index in [0.29, 0.717) is 0 Å². The van der Waals surface area contributed by atoms with Crippen LogP contribution in [-0.4, -0.2) is 47.3 Å². The minimum absolute atomic E-state index is 0.0720. The first-order valence-corrected chi connectivity index (χ1v) is 5.66. The first kappa shape index (κ1) is 16.9. The summed E-state index contributed by atoms with van der Waals surface area (Å²) in [6.45, 7) is -0.144. The molecule has 0 aliphatic carbocycles. The number of carboxylic acid groups (broad SMARTS) is 2. The van der Waals surface area contributed by atoms with Crippen molar-refractivity contribution in [2.75, 3.05) is 13.2 Å². The van der Waals surface area contributed by atoms with E-state index in [9.17, 15) is 19.2 Å². The van der Waals surface area contributed by atoms with Gasteiger partial charge in [0.1, 0.15) is 6.42 Å². The molecule has 0 aromatic carbocycles. The summed E-state index contributed by atoms with van der Waals surface area (Å²) in [4.78, 5) is 42.5. The molecule has 8 heteroatoms. The molecule has 0 radical (unpaired) electrons. The number of carboxylic acids is 2. The molecule has 8 nitrogen and oxygen atoms in total. The lowest BCUT2D eigenvalue weighted by Crippen LogP contribution is -2.15. The summed E-state index contributed by atoms with van der Waals surface area (Å²) in [5.74, 6) is -3.58. The van der Waals surface area contributed by atoms with Crippen molar-refractivity contribution < 1.29 is 38.9 Å². The number of ether oxygens (including phenoxy) is 2. The molecule has 0 aliphatic rings. The summed E-state index contributed by atoms with van der Waals surface area (Å²) in [5.41, 5.74) is 0. The van der Waals surface area contributed by atoms with E-state index in [0.717, 1.165) is 0 Å². The van der Waals surface area contributed by atoms with Gasteiger partial charge in [0.2, 0.25) is 0 Å². The quantitative estimate of drug-likeness (QED) is 0.329. The highest BCUT2D eigenvalue weighted by Crippen LogP contribution is 1.97. The zero-order chi connectivity index (χ0) is 14.7. The molecule has 0 spiro atoms. The average molecular weight is 276 g/mol. The number of hydrogen-bond donors (Lipinski definition) is 2. The summed E-state index contributed by atoms with van der Waals surface area (Å²) in [6, 6.07) is 0. The van der Waals surface area contributed by atoms with Crippen LogP contribution in [0.1, 0.15) is 32.1 Å². The van der Waals surface area contributed by atoms with E-state index >= 15 is 0 Å². The smallest absolute Gasteiger partial charge is 0.317 e. The topological polar surface area (TPSA) is 127 Å². The molecule has 0 saturated carbocycles. The molecule has 0 aliphatic heterocycles. The fraction of sp³-hybridized carbons (Fsp3) is 0.636. The highest BCUT2D eigenvalue weighted by atomic mass is 16.6. The molecule has 108 valence electrons. The van der Waals surface area contributed by atoms with Gasteiger partial charge in [-0.2, -0.15) is 0 Å². The van der Waals surface area contributed by atoms with Crippen LogP contribution < -0.4 is 0 Å². The van der Waals surface area contributed by atoms with Crippen molar-refractivity contribution in [3.05, 3.63) is 0 Å². The number of carbonyl (C=O) groups excluding carboxylic acids is 2. The van der Waals surface area contributed by atoms with Gasteiger partial charge >= 0.3 is 23.9 Å². The second-order valence-electron chi connectivity index (χ2n) is 3.61. The molecule has 0 amide bonds. The Labute approximate surface area is 109 Å². The summed E-state index contributed by atoms with van der Waals surface area (Å²) < 4.78 is 9.22. The molecule has 2 N–H and O–H groups in total. The Balaban J connectivity index is 3.55. The van der Waals surface area contributed by atoms with Crippen molar-refractivity contribution in [1.82, 2.24) is 0 Å². The molecular weight excluding hydrogens is 260 g/mol. The maximum absolute atomic E-state index is 11.1. The predicted molar refractivity (Wildman–Crippen MR) is 60.3 cm³/mol. The highest BCUT2D eigenvalue weighted by Gasteiger charge is 2.12. The van der Waals surface area contributed by atoms with Crippen LogP contribution in [0.15, 0.2) is 0 Å². The first-order chi connectivity index (χ1) is 8.91. The van der Waals surface area contributed by atoms with Crippen LogP contribution >= 0.6 is 0 Å². The fourth-order valence-electron chi connectivity index (χ4n) is 1.04. The van der Waals surface area contributed by atoms with Gasteiger partial charge in [0.15, 0.2) is 0 Å². The van der Waals surface area contributed by atoms with Gasteiger partial charge in [-0.15, -0.1) is 0 Å². The normalized spacial score (nSPS) is 9.68. The second-order valence-corrected chi connectivity index (χ2v) is 3.61. The van der Waals surface area contributed by atoms with Crippen molar-refractivity contribution in [1.29, 1.82) is 0 Å². The lowest BCUT2D eigenvalue weighted by atomic mass is 10.3. The molecule has 0 fully saturated rings. The number of esters is 2. The maximum Gasteiger partial charge on any atom is 0.317 e. The summed E-state index contributed by atoms with van der Waals surface area (Å²) >= 11 is 0. The van der Waals surface area contributed by atoms with Crippen LogP contribution in [0.3, 0.4) is 0 Å². The van der Waals surface area contributed by atoms with Crippen molar-refractivity contribution in [2.45, 2.75) is 32.1 Å². The van der Waals surface area contributed by atoms with Gasteiger partial charge in [-0.25, -0.2) is 0 Å². The van der Waals surface area contributed by atoms with Gasteiger partial charge in [0, 0.05) is 12.8 Å². The Kier molecular flexibility index (Phi) is 8.76. The van der Waals surface area contributed by atoms with E-state index in [1.807, 2.05) is 0 Å². The van der Waals surface area contributed by atoms with Gasteiger partial charge in [0.05, 0.1) is 13.2 Å². The van der Waals surface area contributed by atoms with Crippen molar-refractivity contribution in [3.8, 4) is 0 Å². The van der Waals surface area contributed by atoms with Crippen molar-refractivity contribution >= 4 is 23.9 Å². The molecule has 0 heterocycles. The average Bonchev–Trinajstić information content (AvgIpc) is 2.30. The largest absolute Gasteiger partial charge is 0.481 e. The van der Waals surface area contributed by atoms with Crippen molar-refractivity contribution in [2.24, 2.45) is 0 Å². The Hall–Kier alpha value is -2.12. The lowest BCUT2D eigenvalue weighted by Gasteiger charge is -2.04.